The second-order valence-electron chi connectivity index (χ2n) is 7.95. The fourth-order valence-electron chi connectivity index (χ4n) is 3.88. The van der Waals surface area contributed by atoms with Gasteiger partial charge in [0.1, 0.15) is 11.9 Å². The maximum Gasteiger partial charge on any atom is 0.191 e. The molecule has 2 saturated heterocycles. The second kappa shape index (κ2) is 11.1. The van der Waals surface area contributed by atoms with Gasteiger partial charge in [-0.05, 0) is 50.6 Å². The number of ether oxygens (including phenoxy) is 2. The highest BCUT2D eigenvalue weighted by Crippen LogP contribution is 2.34. The molecule has 0 aromatic heterocycles. The molecule has 162 valence electrons. The first-order valence-corrected chi connectivity index (χ1v) is 11.9. The average Bonchev–Trinajstić information content (AvgIpc) is 3.21. The summed E-state index contributed by atoms with van der Waals surface area (Å²) in [5.41, 5.74) is 1.38. The number of nitrogens with one attached hydrogen (secondary N) is 2. The molecule has 1 aromatic rings. The Morgan fingerprint density at radius 1 is 1.34 bits per heavy atom. The maximum atomic E-state index is 6.05. The van der Waals surface area contributed by atoms with Crippen molar-refractivity contribution in [2.24, 2.45) is 4.99 Å². The van der Waals surface area contributed by atoms with Gasteiger partial charge in [0.2, 0.25) is 0 Å². The maximum absolute atomic E-state index is 6.05. The van der Waals surface area contributed by atoms with Crippen LogP contribution in [0.3, 0.4) is 0 Å². The van der Waals surface area contributed by atoms with Gasteiger partial charge in [0.15, 0.2) is 5.96 Å². The summed E-state index contributed by atoms with van der Waals surface area (Å²) in [5.74, 6) is 4.16. The number of hydrogen-bond acceptors (Lipinski definition) is 5. The van der Waals surface area contributed by atoms with Crippen molar-refractivity contribution >= 4 is 17.7 Å². The minimum Gasteiger partial charge on any atom is -0.489 e. The number of guanidine groups is 1. The highest BCUT2D eigenvalue weighted by molar-refractivity contribution is 7.99. The predicted molar refractivity (Wildman–Crippen MR) is 122 cm³/mol. The van der Waals surface area contributed by atoms with E-state index in [9.17, 15) is 0 Å². The Hall–Kier alpha value is -1.44. The highest BCUT2D eigenvalue weighted by atomic mass is 32.2. The normalized spacial score (nSPS) is 24.3. The van der Waals surface area contributed by atoms with Gasteiger partial charge in [-0.15, -0.1) is 0 Å². The Morgan fingerprint density at radius 3 is 2.86 bits per heavy atom. The van der Waals surface area contributed by atoms with Crippen molar-refractivity contribution < 1.29 is 9.47 Å². The molecule has 2 aliphatic rings. The molecule has 2 unspecified atom stereocenters. The minimum absolute atomic E-state index is 0.0518. The monoisotopic (exact) mass is 420 g/mol. The van der Waals surface area contributed by atoms with E-state index in [1.165, 1.54) is 17.7 Å². The van der Waals surface area contributed by atoms with E-state index in [1.807, 2.05) is 23.9 Å². The molecule has 2 atom stereocenters. The fourth-order valence-corrected chi connectivity index (χ4v) is 5.35. The minimum atomic E-state index is 0.0518. The van der Waals surface area contributed by atoms with Gasteiger partial charge in [-0.25, -0.2) is 0 Å². The van der Waals surface area contributed by atoms with Crippen molar-refractivity contribution in [3.05, 3.63) is 29.8 Å². The van der Waals surface area contributed by atoms with Crippen LogP contribution in [-0.2, 0) is 4.74 Å². The summed E-state index contributed by atoms with van der Waals surface area (Å²) in [6.07, 6.45) is 1.25. The van der Waals surface area contributed by atoms with E-state index in [-0.39, 0.29) is 11.6 Å². The number of aliphatic imine (C=N–C) groups is 1. The van der Waals surface area contributed by atoms with Gasteiger partial charge < -0.3 is 20.1 Å². The second-order valence-corrected chi connectivity index (χ2v) is 9.05. The Bertz CT molecular complexity index is 658. The van der Waals surface area contributed by atoms with E-state index in [0.717, 1.165) is 56.9 Å². The molecule has 2 heterocycles. The number of hydrogen-bond donors (Lipinski definition) is 2. The lowest BCUT2D eigenvalue weighted by Crippen LogP contribution is -2.56. The van der Waals surface area contributed by atoms with Gasteiger partial charge in [0, 0.05) is 25.4 Å². The van der Waals surface area contributed by atoms with E-state index < -0.39 is 0 Å². The van der Waals surface area contributed by atoms with Crippen molar-refractivity contribution in [1.29, 1.82) is 0 Å². The van der Waals surface area contributed by atoms with Crippen LogP contribution in [0.2, 0.25) is 0 Å². The first-order chi connectivity index (χ1) is 14.1. The molecular formula is C22H36N4O2S. The van der Waals surface area contributed by atoms with Crippen LogP contribution in [0.1, 0.15) is 25.8 Å². The number of rotatable bonds is 8. The largest absolute Gasteiger partial charge is 0.489 e. The van der Waals surface area contributed by atoms with Crippen LogP contribution in [0.15, 0.2) is 29.3 Å². The molecule has 2 N–H and O–H groups in total. The first-order valence-electron chi connectivity index (χ1n) is 10.8. The number of morpholine rings is 1. The Kier molecular flexibility index (Phi) is 8.51. The fraction of sp³-hybridized carbons (Fsp3) is 0.682. The van der Waals surface area contributed by atoms with Crippen LogP contribution in [-0.4, -0.2) is 79.9 Å². The third kappa shape index (κ3) is 6.52. The van der Waals surface area contributed by atoms with Crippen molar-refractivity contribution in [2.75, 3.05) is 57.4 Å². The summed E-state index contributed by atoms with van der Waals surface area (Å²) in [4.78, 5) is 7.58. The van der Waals surface area contributed by atoms with Crippen LogP contribution >= 0.6 is 11.8 Å². The zero-order chi connectivity index (χ0) is 20.5. The summed E-state index contributed by atoms with van der Waals surface area (Å²) in [7, 11) is 0. The van der Waals surface area contributed by atoms with E-state index in [1.54, 1.807) is 0 Å². The zero-order valence-corrected chi connectivity index (χ0v) is 18.9. The van der Waals surface area contributed by atoms with Crippen molar-refractivity contribution in [3.63, 3.8) is 0 Å². The molecule has 3 rings (SSSR count). The third-order valence-corrected chi connectivity index (χ3v) is 6.76. The van der Waals surface area contributed by atoms with Crippen LogP contribution < -0.4 is 15.4 Å². The highest BCUT2D eigenvalue weighted by Gasteiger charge is 2.40. The predicted octanol–water partition coefficient (Wildman–Crippen LogP) is 2.53. The van der Waals surface area contributed by atoms with Gasteiger partial charge in [0.25, 0.3) is 0 Å². The molecule has 0 radical (unpaired) electrons. The number of thioether (sulfide) groups is 1. The van der Waals surface area contributed by atoms with E-state index >= 15 is 0 Å². The molecule has 1 aromatic carbocycles. The lowest BCUT2D eigenvalue weighted by molar-refractivity contribution is -0.0104. The quantitative estimate of drug-likeness (QED) is 0.498. The molecule has 2 fully saturated rings. The molecular weight excluding hydrogens is 384 g/mol. The Morgan fingerprint density at radius 2 is 2.17 bits per heavy atom. The summed E-state index contributed by atoms with van der Waals surface area (Å²) in [5, 5.41) is 6.85. The zero-order valence-electron chi connectivity index (χ0n) is 18.1. The third-order valence-electron chi connectivity index (χ3n) is 5.52. The molecule has 29 heavy (non-hydrogen) atoms. The standard InChI is InChI=1S/C22H36N4O2S/c1-4-23-21(24-15-19(3)28-20-7-5-6-18(2)14-20)25-16-22(8-13-29-17-22)26-9-11-27-12-10-26/h5-7,14,19H,4,8-13,15-17H2,1-3H3,(H2,23,24,25). The summed E-state index contributed by atoms with van der Waals surface area (Å²) in [6.45, 7) is 12.3. The number of nitrogens with zero attached hydrogens (tertiary/aromatic N) is 2. The molecule has 2 aliphatic heterocycles. The molecule has 0 spiro atoms. The molecule has 0 aliphatic carbocycles. The van der Waals surface area contributed by atoms with Crippen LogP contribution in [0.25, 0.3) is 0 Å². The number of benzene rings is 1. The average molecular weight is 421 g/mol. The van der Waals surface area contributed by atoms with Crippen molar-refractivity contribution in [3.8, 4) is 5.75 Å². The summed E-state index contributed by atoms with van der Waals surface area (Å²) >= 11 is 2.05. The number of aryl methyl sites for hydroxylation is 1. The molecule has 6 nitrogen and oxygen atoms in total. The molecule has 0 bridgehead atoms. The van der Waals surface area contributed by atoms with E-state index in [0.29, 0.717) is 6.54 Å². The van der Waals surface area contributed by atoms with Gasteiger partial charge >= 0.3 is 0 Å². The summed E-state index contributed by atoms with van der Waals surface area (Å²) < 4.78 is 11.6. The van der Waals surface area contributed by atoms with Gasteiger partial charge in [0.05, 0.1) is 31.8 Å². The summed E-state index contributed by atoms with van der Waals surface area (Å²) in [6, 6.07) is 8.19. The van der Waals surface area contributed by atoms with Crippen molar-refractivity contribution in [1.82, 2.24) is 15.5 Å². The first kappa shape index (κ1) is 22.2. The van der Waals surface area contributed by atoms with Gasteiger partial charge in [-0.1, -0.05) is 12.1 Å². The smallest absolute Gasteiger partial charge is 0.191 e. The molecule has 0 amide bonds. The van der Waals surface area contributed by atoms with Gasteiger partial charge in [-0.3, -0.25) is 9.89 Å². The topological polar surface area (TPSA) is 58.1 Å². The lowest BCUT2D eigenvalue weighted by Gasteiger charge is -2.42. The van der Waals surface area contributed by atoms with Gasteiger partial charge in [-0.2, -0.15) is 11.8 Å². The van der Waals surface area contributed by atoms with Crippen LogP contribution in [0.5, 0.6) is 5.75 Å². The van der Waals surface area contributed by atoms with E-state index in [4.69, 9.17) is 14.5 Å². The molecule has 0 saturated carbocycles. The molecule has 7 heteroatoms. The lowest BCUT2D eigenvalue weighted by atomic mass is 9.96. The Balaban J connectivity index is 1.56. The Labute approximate surface area is 179 Å². The SMILES string of the molecule is CCNC(=NCC1(N2CCOCC2)CCSC1)NCC(C)Oc1cccc(C)c1. The van der Waals surface area contributed by atoms with E-state index in [2.05, 4.69) is 48.4 Å². The van der Waals surface area contributed by atoms with Crippen LogP contribution in [0.4, 0.5) is 0 Å². The van der Waals surface area contributed by atoms with Crippen LogP contribution in [0, 0.1) is 6.92 Å². The van der Waals surface area contributed by atoms with Crippen molar-refractivity contribution in [2.45, 2.75) is 38.8 Å².